The van der Waals surface area contributed by atoms with Gasteiger partial charge in [-0.05, 0) is 72.3 Å². The van der Waals surface area contributed by atoms with Crippen LogP contribution in [0.4, 0.5) is 4.79 Å². The Kier molecular flexibility index (Phi) is 9.23. The highest BCUT2D eigenvalue weighted by molar-refractivity contribution is 9.10. The van der Waals surface area contributed by atoms with E-state index in [1.54, 1.807) is 0 Å². The van der Waals surface area contributed by atoms with Gasteiger partial charge >= 0.3 is 6.03 Å². The van der Waals surface area contributed by atoms with E-state index in [1.165, 1.54) is 5.56 Å². The van der Waals surface area contributed by atoms with E-state index in [2.05, 4.69) is 59.5 Å². The lowest BCUT2D eigenvalue weighted by atomic mass is 9.87. The van der Waals surface area contributed by atoms with E-state index >= 15 is 0 Å². The fourth-order valence-corrected chi connectivity index (χ4v) is 3.65. The number of hydrogen-bond acceptors (Lipinski definition) is 3. The highest BCUT2D eigenvalue weighted by Gasteiger charge is 2.16. The maximum Gasteiger partial charge on any atom is 0.315 e. The number of rotatable bonds is 9. The van der Waals surface area contributed by atoms with Crippen molar-refractivity contribution in [2.24, 2.45) is 0 Å². The molecule has 5 nitrogen and oxygen atoms in total. The minimum Gasteiger partial charge on any atom is -0.494 e. The Morgan fingerprint density at radius 3 is 2.45 bits per heavy atom. The van der Waals surface area contributed by atoms with E-state index in [9.17, 15) is 4.79 Å². The highest BCUT2D eigenvalue weighted by atomic mass is 79.9. The van der Waals surface area contributed by atoms with Crippen molar-refractivity contribution < 1.29 is 14.3 Å². The molecule has 0 spiro atoms. The standard InChI is InChI=1S/C25H35BrN2O3/c1-7-30-22-11-9-17(2)15-20(22)18(3)28-24(29)27-13-8-14-31-23-12-10-19(16-21(23)26)25(4,5)6/h9-12,15-16,18H,7-8,13-14H2,1-6H3,(H2,27,28,29). The summed E-state index contributed by atoms with van der Waals surface area (Å²) in [5.74, 6) is 1.62. The van der Waals surface area contributed by atoms with Crippen molar-refractivity contribution in [1.82, 2.24) is 10.6 Å². The van der Waals surface area contributed by atoms with Crippen molar-refractivity contribution in [1.29, 1.82) is 0 Å². The lowest BCUT2D eigenvalue weighted by Gasteiger charge is -2.20. The number of carbonyl (C=O) groups excluding carboxylic acids is 1. The molecule has 2 rings (SSSR count). The maximum atomic E-state index is 12.3. The SMILES string of the molecule is CCOc1ccc(C)cc1C(C)NC(=O)NCCCOc1ccc(C(C)(C)C)cc1Br. The van der Waals surface area contributed by atoms with Crippen molar-refractivity contribution in [3.63, 3.8) is 0 Å². The molecule has 0 aliphatic rings. The van der Waals surface area contributed by atoms with Gasteiger partial charge in [0.1, 0.15) is 11.5 Å². The Morgan fingerprint density at radius 2 is 1.81 bits per heavy atom. The van der Waals surface area contributed by atoms with Crippen LogP contribution in [0.3, 0.4) is 0 Å². The van der Waals surface area contributed by atoms with Gasteiger partial charge in [0.15, 0.2) is 0 Å². The zero-order valence-electron chi connectivity index (χ0n) is 19.5. The summed E-state index contributed by atoms with van der Waals surface area (Å²) >= 11 is 3.59. The maximum absolute atomic E-state index is 12.3. The summed E-state index contributed by atoms with van der Waals surface area (Å²) in [5.41, 5.74) is 3.45. The average Bonchev–Trinajstić information content (AvgIpc) is 2.69. The number of ether oxygens (including phenoxy) is 2. The van der Waals surface area contributed by atoms with Gasteiger partial charge in [0.05, 0.1) is 23.7 Å². The Hall–Kier alpha value is -2.21. The number of urea groups is 1. The first-order valence-electron chi connectivity index (χ1n) is 10.8. The lowest BCUT2D eigenvalue weighted by Crippen LogP contribution is -2.38. The number of halogens is 1. The first kappa shape index (κ1) is 25.1. The predicted octanol–water partition coefficient (Wildman–Crippen LogP) is 6.28. The van der Waals surface area contributed by atoms with Gasteiger partial charge in [-0.1, -0.05) is 44.5 Å². The summed E-state index contributed by atoms with van der Waals surface area (Å²) in [6.45, 7) is 14.1. The second-order valence-electron chi connectivity index (χ2n) is 8.69. The van der Waals surface area contributed by atoms with Crippen LogP contribution in [0.15, 0.2) is 40.9 Å². The van der Waals surface area contributed by atoms with Gasteiger partial charge in [-0.15, -0.1) is 0 Å². The number of aryl methyl sites for hydroxylation is 1. The summed E-state index contributed by atoms with van der Waals surface area (Å²) in [7, 11) is 0. The van der Waals surface area contributed by atoms with Crippen LogP contribution in [0.25, 0.3) is 0 Å². The molecular weight excluding hydrogens is 456 g/mol. The number of nitrogens with one attached hydrogen (secondary N) is 2. The van der Waals surface area contributed by atoms with Crippen LogP contribution in [-0.4, -0.2) is 25.8 Å². The Morgan fingerprint density at radius 1 is 1.10 bits per heavy atom. The number of benzene rings is 2. The molecule has 2 aromatic rings. The topological polar surface area (TPSA) is 59.6 Å². The Balaban J connectivity index is 1.77. The molecule has 0 heterocycles. The summed E-state index contributed by atoms with van der Waals surface area (Å²) in [6, 6.07) is 11.8. The minimum absolute atomic E-state index is 0.0946. The van der Waals surface area contributed by atoms with Crippen molar-refractivity contribution in [2.45, 2.75) is 59.4 Å². The second-order valence-corrected chi connectivity index (χ2v) is 9.55. The van der Waals surface area contributed by atoms with Crippen molar-refractivity contribution >= 4 is 22.0 Å². The molecule has 0 fully saturated rings. The molecule has 0 bridgehead atoms. The molecule has 0 aromatic heterocycles. The molecule has 0 saturated carbocycles. The van der Waals surface area contributed by atoms with Gasteiger partial charge in [0.25, 0.3) is 0 Å². The Labute approximate surface area is 195 Å². The van der Waals surface area contributed by atoms with Crippen LogP contribution in [0.1, 0.15) is 63.8 Å². The van der Waals surface area contributed by atoms with Crippen molar-refractivity contribution in [3.8, 4) is 11.5 Å². The third-order valence-electron chi connectivity index (χ3n) is 4.94. The summed E-state index contributed by atoms with van der Waals surface area (Å²) in [5, 5.41) is 5.88. The molecule has 0 aliphatic heterocycles. The van der Waals surface area contributed by atoms with Crippen molar-refractivity contribution in [2.75, 3.05) is 19.8 Å². The molecular formula is C25H35BrN2O3. The molecule has 0 radical (unpaired) electrons. The smallest absolute Gasteiger partial charge is 0.315 e. The predicted molar refractivity (Wildman–Crippen MR) is 130 cm³/mol. The van der Waals surface area contributed by atoms with E-state index in [-0.39, 0.29) is 17.5 Å². The lowest BCUT2D eigenvalue weighted by molar-refractivity contribution is 0.235. The second kappa shape index (κ2) is 11.4. The fraction of sp³-hybridized carbons (Fsp3) is 0.480. The van der Waals surface area contributed by atoms with E-state index in [0.29, 0.717) is 26.2 Å². The van der Waals surface area contributed by atoms with Crippen molar-refractivity contribution in [3.05, 3.63) is 57.6 Å². The first-order chi connectivity index (χ1) is 14.6. The van der Waals surface area contributed by atoms with Crippen LogP contribution in [0.2, 0.25) is 0 Å². The van der Waals surface area contributed by atoms with Crippen LogP contribution in [0, 0.1) is 6.92 Å². The van der Waals surface area contributed by atoms with Gasteiger partial charge < -0.3 is 20.1 Å². The quantitative estimate of drug-likeness (QED) is 0.406. The summed E-state index contributed by atoms with van der Waals surface area (Å²) in [4.78, 5) is 12.3. The van der Waals surface area contributed by atoms with Gasteiger partial charge in [-0.3, -0.25) is 0 Å². The highest BCUT2D eigenvalue weighted by Crippen LogP contribution is 2.31. The molecule has 0 aliphatic carbocycles. The molecule has 1 atom stereocenters. The third kappa shape index (κ3) is 7.76. The number of carbonyl (C=O) groups is 1. The van der Waals surface area contributed by atoms with Crippen LogP contribution in [-0.2, 0) is 5.41 Å². The largest absolute Gasteiger partial charge is 0.494 e. The molecule has 2 aromatic carbocycles. The minimum atomic E-state index is -0.202. The van der Waals surface area contributed by atoms with Crippen LogP contribution in [0.5, 0.6) is 11.5 Å². The van der Waals surface area contributed by atoms with E-state index in [4.69, 9.17) is 9.47 Å². The van der Waals surface area contributed by atoms with Gasteiger partial charge in [-0.25, -0.2) is 4.79 Å². The van der Waals surface area contributed by atoms with Gasteiger partial charge in [0.2, 0.25) is 0 Å². The molecule has 6 heteroatoms. The molecule has 170 valence electrons. The monoisotopic (exact) mass is 490 g/mol. The van der Waals surface area contributed by atoms with Gasteiger partial charge in [-0.2, -0.15) is 0 Å². The number of hydrogen-bond donors (Lipinski definition) is 2. The molecule has 1 unspecified atom stereocenters. The normalized spacial score (nSPS) is 12.2. The average molecular weight is 491 g/mol. The molecule has 2 amide bonds. The Bertz CT molecular complexity index is 878. The summed E-state index contributed by atoms with van der Waals surface area (Å²) in [6.07, 6.45) is 0.712. The van der Waals surface area contributed by atoms with Gasteiger partial charge in [0, 0.05) is 12.1 Å². The van der Waals surface area contributed by atoms with E-state index < -0.39 is 0 Å². The summed E-state index contributed by atoms with van der Waals surface area (Å²) < 4.78 is 12.5. The van der Waals surface area contributed by atoms with Crippen LogP contribution >= 0.6 is 15.9 Å². The fourth-order valence-electron chi connectivity index (χ4n) is 3.16. The number of amides is 2. The zero-order chi connectivity index (χ0) is 23.0. The third-order valence-corrected chi connectivity index (χ3v) is 5.56. The molecule has 2 N–H and O–H groups in total. The van der Waals surface area contributed by atoms with E-state index in [1.807, 2.05) is 45.0 Å². The molecule has 31 heavy (non-hydrogen) atoms. The van der Waals surface area contributed by atoms with E-state index in [0.717, 1.165) is 27.1 Å². The molecule has 0 saturated heterocycles. The van der Waals surface area contributed by atoms with Crippen LogP contribution < -0.4 is 20.1 Å². The first-order valence-corrected chi connectivity index (χ1v) is 11.6. The zero-order valence-corrected chi connectivity index (χ0v) is 21.1.